The Kier molecular flexibility index (Phi) is 5.75. The van der Waals surface area contributed by atoms with Crippen LogP contribution >= 0.6 is 0 Å². The number of aromatic amines is 1. The van der Waals surface area contributed by atoms with E-state index in [2.05, 4.69) is 25.9 Å². The second kappa shape index (κ2) is 9.22. The predicted molar refractivity (Wildman–Crippen MR) is 139 cm³/mol. The third-order valence-corrected chi connectivity index (χ3v) is 6.78. The fourth-order valence-corrected chi connectivity index (χ4v) is 4.98. The van der Waals surface area contributed by atoms with Crippen LogP contribution in [0.15, 0.2) is 72.9 Å². The third kappa shape index (κ3) is 4.04. The van der Waals surface area contributed by atoms with Gasteiger partial charge < -0.3 is 19.7 Å². The molecule has 3 heterocycles. The number of fused-ring (bicyclic) bond motifs is 4. The molecule has 0 saturated carbocycles. The minimum Gasteiger partial charge on any atom is -0.472 e. The second-order valence-electron chi connectivity index (χ2n) is 9.17. The van der Waals surface area contributed by atoms with Gasteiger partial charge >= 0.3 is 0 Å². The number of amides is 1. The Bertz CT molecular complexity index is 1560. The number of carbonyl (C=O) groups excluding carboxylic acids is 1. The molecule has 1 saturated heterocycles. The van der Waals surface area contributed by atoms with Crippen molar-refractivity contribution < 1.29 is 14.6 Å². The van der Waals surface area contributed by atoms with Crippen molar-refractivity contribution in [2.75, 3.05) is 26.2 Å². The number of para-hydroxylation sites is 3. The highest BCUT2D eigenvalue weighted by Crippen LogP contribution is 2.34. The number of nitrogens with zero attached hydrogens (tertiary/aromatic N) is 4. The lowest BCUT2D eigenvalue weighted by atomic mass is 10.1. The predicted octanol–water partition coefficient (Wildman–Crippen LogP) is 3.81. The first-order valence-corrected chi connectivity index (χ1v) is 12.2. The monoisotopic (exact) mass is 481 g/mol. The van der Waals surface area contributed by atoms with Crippen molar-refractivity contribution in [3.05, 3.63) is 78.6 Å². The summed E-state index contributed by atoms with van der Waals surface area (Å²) in [5.74, 6) is 0.590. The van der Waals surface area contributed by atoms with Crippen LogP contribution in [-0.2, 0) is 0 Å². The van der Waals surface area contributed by atoms with E-state index in [1.165, 1.54) is 0 Å². The number of aliphatic hydroxyl groups is 1. The van der Waals surface area contributed by atoms with Gasteiger partial charge in [-0.05, 0) is 37.3 Å². The highest BCUT2D eigenvalue weighted by molar-refractivity contribution is 6.10. The second-order valence-corrected chi connectivity index (χ2v) is 9.17. The average Bonchev–Trinajstić information content (AvgIpc) is 3.30. The molecule has 2 N–H and O–H groups in total. The molecule has 8 heteroatoms. The largest absolute Gasteiger partial charge is 0.472 e. The van der Waals surface area contributed by atoms with E-state index in [1.54, 1.807) is 18.0 Å². The summed E-state index contributed by atoms with van der Waals surface area (Å²) in [7, 11) is 0. The van der Waals surface area contributed by atoms with Gasteiger partial charge in [0.2, 0.25) is 0 Å². The lowest BCUT2D eigenvalue weighted by Gasteiger charge is -2.40. The van der Waals surface area contributed by atoms with Crippen molar-refractivity contribution in [1.82, 2.24) is 24.8 Å². The van der Waals surface area contributed by atoms with Crippen LogP contribution in [0.25, 0.3) is 32.8 Å². The highest BCUT2D eigenvalue weighted by atomic mass is 16.5. The normalized spacial score (nSPS) is 16.4. The highest BCUT2D eigenvalue weighted by Gasteiger charge is 2.31. The van der Waals surface area contributed by atoms with E-state index in [-0.39, 0.29) is 5.91 Å². The van der Waals surface area contributed by atoms with E-state index in [0.29, 0.717) is 37.4 Å². The summed E-state index contributed by atoms with van der Waals surface area (Å²) >= 11 is 0. The lowest BCUT2D eigenvalue weighted by Crippen LogP contribution is -2.56. The maximum absolute atomic E-state index is 13.1. The smallest absolute Gasteiger partial charge is 0.274 e. The molecule has 36 heavy (non-hydrogen) atoms. The molecular weight excluding hydrogens is 454 g/mol. The first kappa shape index (κ1) is 22.5. The minimum atomic E-state index is -0.723. The number of benzene rings is 3. The van der Waals surface area contributed by atoms with E-state index < -0.39 is 12.3 Å². The maximum Gasteiger partial charge on any atom is 0.274 e. The third-order valence-electron chi connectivity index (χ3n) is 6.78. The number of rotatable bonds is 5. The molecule has 0 bridgehead atoms. The van der Waals surface area contributed by atoms with Gasteiger partial charge in [0.15, 0.2) is 6.23 Å². The Morgan fingerprint density at radius 3 is 2.47 bits per heavy atom. The zero-order chi connectivity index (χ0) is 24.6. The molecule has 5 aromatic rings. The molecule has 0 aliphatic carbocycles. The van der Waals surface area contributed by atoms with E-state index in [0.717, 1.165) is 33.1 Å². The Morgan fingerprint density at radius 2 is 1.67 bits per heavy atom. The first-order chi connectivity index (χ1) is 17.6. The van der Waals surface area contributed by atoms with Gasteiger partial charge in [0, 0.05) is 42.5 Å². The molecule has 6 rings (SSSR count). The van der Waals surface area contributed by atoms with Crippen LogP contribution in [0.4, 0.5) is 0 Å². The SMILES string of the molecule is CC(O)C(Oc1cccc2[nH]c3ccccc3c12)N1CCN(C(=O)c2cnc3ccccc3n2)CC1. The van der Waals surface area contributed by atoms with Crippen molar-refractivity contribution in [1.29, 1.82) is 0 Å². The molecular formula is C28H27N5O3. The Morgan fingerprint density at radius 1 is 0.944 bits per heavy atom. The van der Waals surface area contributed by atoms with E-state index in [1.807, 2.05) is 60.7 Å². The number of ether oxygens (including phenoxy) is 1. The Balaban J connectivity index is 1.19. The van der Waals surface area contributed by atoms with Crippen molar-refractivity contribution in [2.24, 2.45) is 0 Å². The molecule has 8 nitrogen and oxygen atoms in total. The van der Waals surface area contributed by atoms with Gasteiger partial charge in [0.05, 0.1) is 22.7 Å². The van der Waals surface area contributed by atoms with Crippen LogP contribution in [0.1, 0.15) is 17.4 Å². The number of aliphatic hydroxyl groups excluding tert-OH is 1. The molecule has 3 aromatic carbocycles. The van der Waals surface area contributed by atoms with Gasteiger partial charge in [-0.2, -0.15) is 0 Å². The van der Waals surface area contributed by atoms with E-state index in [9.17, 15) is 9.90 Å². The number of hydrogen-bond donors (Lipinski definition) is 2. The number of nitrogens with one attached hydrogen (secondary N) is 1. The molecule has 2 atom stereocenters. The van der Waals surface area contributed by atoms with Gasteiger partial charge in [0.25, 0.3) is 5.91 Å². The quantitative estimate of drug-likeness (QED) is 0.397. The van der Waals surface area contributed by atoms with Crippen LogP contribution in [0, 0.1) is 0 Å². The summed E-state index contributed by atoms with van der Waals surface area (Å²) in [6.45, 7) is 3.91. The minimum absolute atomic E-state index is 0.133. The Hall–Kier alpha value is -4.01. The van der Waals surface area contributed by atoms with Crippen LogP contribution in [0.3, 0.4) is 0 Å². The standard InChI is InChI=1S/C28H27N5O3/c1-18(34)28(36-25-12-6-11-23-26(25)19-7-2-3-8-20(19)30-23)33-15-13-32(14-16-33)27(35)24-17-29-21-9-4-5-10-22(21)31-24/h2-12,17-18,28,30,34H,13-16H2,1H3. The van der Waals surface area contributed by atoms with Crippen LogP contribution < -0.4 is 4.74 Å². The Labute approximate surface area is 208 Å². The van der Waals surface area contributed by atoms with Gasteiger partial charge in [0.1, 0.15) is 17.5 Å². The molecule has 1 aliphatic rings. The molecule has 1 fully saturated rings. The zero-order valence-electron chi connectivity index (χ0n) is 20.0. The summed E-state index contributed by atoms with van der Waals surface area (Å²) in [5, 5.41) is 12.7. The molecule has 2 aromatic heterocycles. The van der Waals surface area contributed by atoms with Crippen LogP contribution in [0.2, 0.25) is 0 Å². The summed E-state index contributed by atoms with van der Waals surface area (Å²) in [5.41, 5.74) is 3.85. The molecule has 0 radical (unpaired) electrons. The summed E-state index contributed by atoms with van der Waals surface area (Å²) < 4.78 is 6.45. The van der Waals surface area contributed by atoms with Gasteiger partial charge in [-0.1, -0.05) is 36.4 Å². The zero-order valence-corrected chi connectivity index (χ0v) is 20.0. The topological polar surface area (TPSA) is 94.6 Å². The molecule has 182 valence electrons. The fourth-order valence-electron chi connectivity index (χ4n) is 4.98. The lowest BCUT2D eigenvalue weighted by molar-refractivity contribution is -0.0709. The van der Waals surface area contributed by atoms with Crippen molar-refractivity contribution in [2.45, 2.75) is 19.3 Å². The van der Waals surface area contributed by atoms with Gasteiger partial charge in [-0.25, -0.2) is 4.98 Å². The van der Waals surface area contributed by atoms with Gasteiger partial charge in [-0.15, -0.1) is 0 Å². The van der Waals surface area contributed by atoms with Crippen LogP contribution in [0.5, 0.6) is 5.75 Å². The maximum atomic E-state index is 13.1. The molecule has 0 spiro atoms. The number of H-pyrrole nitrogens is 1. The summed E-state index contributed by atoms with van der Waals surface area (Å²) in [6, 6.07) is 21.6. The molecule has 1 amide bonds. The number of carbonyl (C=O) groups is 1. The number of piperazine rings is 1. The first-order valence-electron chi connectivity index (χ1n) is 12.2. The van der Waals surface area contributed by atoms with Gasteiger partial charge in [-0.3, -0.25) is 14.7 Å². The van der Waals surface area contributed by atoms with Crippen molar-refractivity contribution in [3.63, 3.8) is 0 Å². The van der Waals surface area contributed by atoms with E-state index >= 15 is 0 Å². The average molecular weight is 482 g/mol. The number of hydrogen-bond acceptors (Lipinski definition) is 6. The summed E-state index contributed by atoms with van der Waals surface area (Å²) in [4.78, 5) is 29.3. The van der Waals surface area contributed by atoms with Crippen molar-refractivity contribution >= 4 is 38.7 Å². The van der Waals surface area contributed by atoms with E-state index in [4.69, 9.17) is 4.74 Å². The molecule has 2 unspecified atom stereocenters. The number of aromatic nitrogens is 3. The molecule has 1 aliphatic heterocycles. The van der Waals surface area contributed by atoms with Crippen molar-refractivity contribution in [3.8, 4) is 5.75 Å². The fraction of sp³-hybridized carbons (Fsp3) is 0.250. The van der Waals surface area contributed by atoms with Crippen LogP contribution in [-0.4, -0.2) is 74.3 Å². The summed E-state index contributed by atoms with van der Waals surface area (Å²) in [6.07, 6.45) is 0.279.